The van der Waals surface area contributed by atoms with E-state index in [1.807, 2.05) is 25.1 Å². The zero-order valence-corrected chi connectivity index (χ0v) is 13.8. The highest BCUT2D eigenvalue weighted by atomic mass is 79.9. The fourth-order valence-corrected chi connectivity index (χ4v) is 3.60. The molecule has 1 aromatic rings. The molecular formula is C16H22BrNO2. The molecule has 2 rings (SSSR count). The molecule has 0 aliphatic heterocycles. The number of alkyl halides is 1. The first kappa shape index (κ1) is 15.4. The molecule has 0 heterocycles. The summed E-state index contributed by atoms with van der Waals surface area (Å²) in [6.45, 7) is 2.71. The largest absolute Gasteiger partial charge is 0.496 e. The van der Waals surface area contributed by atoms with Gasteiger partial charge in [-0.2, -0.15) is 0 Å². The monoisotopic (exact) mass is 339 g/mol. The van der Waals surface area contributed by atoms with Gasteiger partial charge in [0, 0.05) is 11.9 Å². The van der Waals surface area contributed by atoms with Gasteiger partial charge in [0.05, 0.1) is 12.7 Å². The Morgan fingerprint density at radius 2 is 2.10 bits per heavy atom. The molecule has 20 heavy (non-hydrogen) atoms. The standard InChI is InChI=1S/C16H22BrNO2/c1-12-5-6-14(20-2)13(9-12)15(19)18-11-16(10-17)7-3-4-8-16/h5-6,9H,3-4,7-8,10-11H2,1-2H3,(H,18,19). The summed E-state index contributed by atoms with van der Waals surface area (Å²) >= 11 is 3.60. The van der Waals surface area contributed by atoms with Crippen molar-refractivity contribution in [1.29, 1.82) is 0 Å². The fourth-order valence-electron chi connectivity index (χ4n) is 2.84. The number of halogens is 1. The van der Waals surface area contributed by atoms with Crippen LogP contribution in [-0.2, 0) is 0 Å². The van der Waals surface area contributed by atoms with Crippen molar-refractivity contribution in [2.24, 2.45) is 5.41 Å². The van der Waals surface area contributed by atoms with Crippen LogP contribution >= 0.6 is 15.9 Å². The third-order valence-corrected chi connectivity index (χ3v) is 5.36. The Morgan fingerprint density at radius 1 is 1.40 bits per heavy atom. The quantitative estimate of drug-likeness (QED) is 0.831. The maximum Gasteiger partial charge on any atom is 0.255 e. The average molecular weight is 340 g/mol. The summed E-state index contributed by atoms with van der Waals surface area (Å²) in [5, 5.41) is 4.04. The lowest BCUT2D eigenvalue weighted by Crippen LogP contribution is -2.37. The summed E-state index contributed by atoms with van der Waals surface area (Å²) in [6, 6.07) is 5.68. The van der Waals surface area contributed by atoms with Gasteiger partial charge in [-0.3, -0.25) is 4.79 Å². The van der Waals surface area contributed by atoms with Crippen LogP contribution in [0, 0.1) is 12.3 Å². The highest BCUT2D eigenvalue weighted by Gasteiger charge is 2.33. The molecule has 0 aromatic heterocycles. The molecule has 1 saturated carbocycles. The minimum absolute atomic E-state index is 0.0437. The number of methoxy groups -OCH3 is 1. The van der Waals surface area contributed by atoms with Gasteiger partial charge in [-0.05, 0) is 37.3 Å². The van der Waals surface area contributed by atoms with Gasteiger partial charge < -0.3 is 10.1 Å². The van der Waals surface area contributed by atoms with Crippen LogP contribution in [0.2, 0.25) is 0 Å². The van der Waals surface area contributed by atoms with Crippen LogP contribution in [-0.4, -0.2) is 24.9 Å². The van der Waals surface area contributed by atoms with Gasteiger partial charge in [0.15, 0.2) is 0 Å². The normalized spacial score (nSPS) is 16.9. The van der Waals surface area contributed by atoms with Gasteiger partial charge in [0.25, 0.3) is 5.91 Å². The number of benzene rings is 1. The minimum Gasteiger partial charge on any atom is -0.496 e. The molecule has 0 atom stereocenters. The number of hydrogen-bond donors (Lipinski definition) is 1. The zero-order valence-electron chi connectivity index (χ0n) is 12.2. The van der Waals surface area contributed by atoms with Gasteiger partial charge in [-0.25, -0.2) is 0 Å². The number of ether oxygens (including phenoxy) is 1. The number of amides is 1. The van der Waals surface area contributed by atoms with E-state index in [2.05, 4.69) is 21.2 Å². The summed E-state index contributed by atoms with van der Waals surface area (Å²) < 4.78 is 5.27. The third kappa shape index (κ3) is 3.35. The van der Waals surface area contributed by atoms with Crippen molar-refractivity contribution in [2.75, 3.05) is 19.0 Å². The van der Waals surface area contributed by atoms with E-state index in [-0.39, 0.29) is 11.3 Å². The van der Waals surface area contributed by atoms with E-state index in [1.165, 1.54) is 25.7 Å². The topological polar surface area (TPSA) is 38.3 Å². The number of aryl methyl sites for hydroxylation is 1. The highest BCUT2D eigenvalue weighted by molar-refractivity contribution is 9.09. The van der Waals surface area contributed by atoms with Crippen LogP contribution in [0.5, 0.6) is 5.75 Å². The molecule has 0 spiro atoms. The van der Waals surface area contributed by atoms with E-state index in [0.717, 1.165) is 17.4 Å². The molecule has 4 heteroatoms. The second-order valence-electron chi connectivity index (χ2n) is 5.73. The molecule has 0 radical (unpaired) electrons. The molecule has 0 bridgehead atoms. The Morgan fingerprint density at radius 3 is 2.70 bits per heavy atom. The van der Waals surface area contributed by atoms with E-state index in [1.54, 1.807) is 7.11 Å². The number of hydrogen-bond acceptors (Lipinski definition) is 2. The van der Waals surface area contributed by atoms with Gasteiger partial charge in [-0.1, -0.05) is 40.4 Å². The lowest BCUT2D eigenvalue weighted by Gasteiger charge is -2.26. The summed E-state index contributed by atoms with van der Waals surface area (Å²) in [5.74, 6) is 0.588. The van der Waals surface area contributed by atoms with E-state index in [0.29, 0.717) is 11.3 Å². The second kappa shape index (κ2) is 6.61. The third-order valence-electron chi connectivity index (χ3n) is 4.17. The number of nitrogens with one attached hydrogen (secondary N) is 1. The lowest BCUT2D eigenvalue weighted by atomic mass is 9.88. The van der Waals surface area contributed by atoms with Gasteiger partial charge in [-0.15, -0.1) is 0 Å². The van der Waals surface area contributed by atoms with E-state index >= 15 is 0 Å². The Bertz CT molecular complexity index is 481. The number of rotatable bonds is 5. The van der Waals surface area contributed by atoms with Crippen LogP contribution in [0.25, 0.3) is 0 Å². The first-order valence-electron chi connectivity index (χ1n) is 7.09. The Balaban J connectivity index is 2.06. The first-order chi connectivity index (χ1) is 9.60. The van der Waals surface area contributed by atoms with E-state index in [4.69, 9.17) is 4.74 Å². The lowest BCUT2D eigenvalue weighted by molar-refractivity contribution is 0.0932. The molecule has 1 aliphatic rings. The summed E-state index contributed by atoms with van der Waals surface area (Å²) in [5.41, 5.74) is 1.91. The second-order valence-corrected chi connectivity index (χ2v) is 6.29. The highest BCUT2D eigenvalue weighted by Crippen LogP contribution is 2.39. The maximum atomic E-state index is 12.4. The van der Waals surface area contributed by atoms with Crippen molar-refractivity contribution < 1.29 is 9.53 Å². The van der Waals surface area contributed by atoms with Gasteiger partial charge in [0.1, 0.15) is 5.75 Å². The molecular weight excluding hydrogens is 318 g/mol. The van der Waals surface area contributed by atoms with Crippen LogP contribution < -0.4 is 10.1 Å². The SMILES string of the molecule is COc1ccc(C)cc1C(=O)NCC1(CBr)CCCC1. The predicted octanol–water partition coefficient (Wildman–Crippen LogP) is 3.69. The molecule has 0 unspecified atom stereocenters. The van der Waals surface area contributed by atoms with Crippen LogP contribution in [0.3, 0.4) is 0 Å². The minimum atomic E-state index is -0.0437. The summed E-state index contributed by atoms with van der Waals surface area (Å²) in [7, 11) is 1.60. The molecule has 1 amide bonds. The van der Waals surface area contributed by atoms with Crippen molar-refractivity contribution in [3.05, 3.63) is 29.3 Å². The van der Waals surface area contributed by atoms with Gasteiger partial charge in [0.2, 0.25) is 0 Å². The van der Waals surface area contributed by atoms with Crippen molar-refractivity contribution in [2.45, 2.75) is 32.6 Å². The van der Waals surface area contributed by atoms with Crippen molar-refractivity contribution in [1.82, 2.24) is 5.32 Å². The van der Waals surface area contributed by atoms with E-state index < -0.39 is 0 Å². The molecule has 110 valence electrons. The van der Waals surface area contributed by atoms with Crippen LogP contribution in [0.4, 0.5) is 0 Å². The van der Waals surface area contributed by atoms with E-state index in [9.17, 15) is 4.79 Å². The van der Waals surface area contributed by atoms with Crippen molar-refractivity contribution >= 4 is 21.8 Å². The molecule has 1 N–H and O–H groups in total. The van der Waals surface area contributed by atoms with Crippen LogP contribution in [0.1, 0.15) is 41.6 Å². The number of carbonyl (C=O) groups is 1. The maximum absolute atomic E-state index is 12.4. The Kier molecular flexibility index (Phi) is 5.08. The fraction of sp³-hybridized carbons (Fsp3) is 0.562. The Labute approximate surface area is 129 Å². The molecule has 1 aromatic carbocycles. The molecule has 1 fully saturated rings. The average Bonchev–Trinajstić information content (AvgIpc) is 2.94. The molecule has 3 nitrogen and oxygen atoms in total. The Hall–Kier alpha value is -1.03. The molecule has 1 aliphatic carbocycles. The molecule has 0 saturated heterocycles. The van der Waals surface area contributed by atoms with Gasteiger partial charge >= 0.3 is 0 Å². The first-order valence-corrected chi connectivity index (χ1v) is 8.21. The smallest absolute Gasteiger partial charge is 0.255 e. The summed E-state index contributed by atoms with van der Waals surface area (Å²) in [6.07, 6.45) is 4.89. The predicted molar refractivity (Wildman–Crippen MR) is 84.8 cm³/mol. The summed E-state index contributed by atoms with van der Waals surface area (Å²) in [4.78, 5) is 12.4. The van der Waals surface area contributed by atoms with Crippen molar-refractivity contribution in [3.8, 4) is 5.75 Å². The van der Waals surface area contributed by atoms with Crippen molar-refractivity contribution in [3.63, 3.8) is 0 Å². The zero-order chi connectivity index (χ0) is 14.6. The van der Waals surface area contributed by atoms with Crippen LogP contribution in [0.15, 0.2) is 18.2 Å². The number of carbonyl (C=O) groups excluding carboxylic acids is 1.